The number of nitrogens with zero attached hydrogens (tertiary/aromatic N) is 1. The van der Waals surface area contributed by atoms with Crippen molar-refractivity contribution in [3.8, 4) is 5.75 Å². The fourth-order valence-electron chi connectivity index (χ4n) is 3.44. The molecule has 2 heterocycles. The molecule has 1 aliphatic heterocycles. The van der Waals surface area contributed by atoms with Gasteiger partial charge < -0.3 is 10.1 Å². The van der Waals surface area contributed by atoms with E-state index in [0.717, 1.165) is 31.5 Å². The van der Waals surface area contributed by atoms with Crippen LogP contribution in [-0.4, -0.2) is 36.4 Å². The number of aromatic nitrogens is 2. The lowest BCUT2D eigenvalue weighted by Crippen LogP contribution is -2.49. The highest BCUT2D eigenvalue weighted by Crippen LogP contribution is 2.35. The third-order valence-electron chi connectivity index (χ3n) is 5.08. The molecule has 0 radical (unpaired) electrons. The third kappa shape index (κ3) is 4.81. The molecule has 0 spiro atoms. The smallest absolute Gasteiger partial charge is 0.165 e. The van der Waals surface area contributed by atoms with E-state index in [1.165, 1.54) is 25.2 Å². The first kappa shape index (κ1) is 18.8. The van der Waals surface area contributed by atoms with Gasteiger partial charge in [0.25, 0.3) is 0 Å². The summed E-state index contributed by atoms with van der Waals surface area (Å²) < 4.78 is 18.6. The van der Waals surface area contributed by atoms with Crippen LogP contribution in [0.3, 0.4) is 0 Å². The van der Waals surface area contributed by atoms with Crippen molar-refractivity contribution >= 4 is 0 Å². The first-order valence-electron chi connectivity index (χ1n) is 9.21. The van der Waals surface area contributed by atoms with Crippen LogP contribution >= 0.6 is 0 Å². The summed E-state index contributed by atoms with van der Waals surface area (Å²) in [7, 11) is 1.49. The molecule has 1 saturated heterocycles. The maximum atomic E-state index is 13.5. The Morgan fingerprint density at radius 1 is 1.31 bits per heavy atom. The first-order valence-corrected chi connectivity index (χ1v) is 9.21. The average molecular weight is 363 g/mol. The van der Waals surface area contributed by atoms with E-state index in [1.807, 2.05) is 18.5 Å². The van der Waals surface area contributed by atoms with Crippen molar-refractivity contribution < 1.29 is 10.6 Å². The Morgan fingerprint density at radius 2 is 2.08 bits per heavy atom. The number of hydrogen-bond donors (Lipinski definition) is 4. The van der Waals surface area contributed by atoms with Crippen LogP contribution < -0.4 is 20.9 Å². The number of halogens is 1. The highest BCUT2D eigenvalue weighted by Gasteiger charge is 2.27. The van der Waals surface area contributed by atoms with Crippen molar-refractivity contribution in [3.63, 3.8) is 0 Å². The number of ether oxygens (including phenoxy) is 1. The minimum absolute atomic E-state index is 0. The molecule has 2 fully saturated rings. The molecule has 26 heavy (non-hydrogen) atoms. The van der Waals surface area contributed by atoms with Crippen molar-refractivity contribution in [1.29, 1.82) is 0 Å². The Balaban J connectivity index is 0.000000464. The zero-order chi connectivity index (χ0) is 18.4. The zero-order valence-corrected chi connectivity index (χ0v) is 15.4. The van der Waals surface area contributed by atoms with Crippen molar-refractivity contribution in [2.45, 2.75) is 44.2 Å². The summed E-state index contributed by atoms with van der Waals surface area (Å²) in [6.45, 7) is 4.39. The van der Waals surface area contributed by atoms with Crippen LogP contribution in [0.1, 0.15) is 50.7 Å². The fourth-order valence-corrected chi connectivity index (χ4v) is 3.44. The minimum Gasteiger partial charge on any atom is -0.494 e. The van der Waals surface area contributed by atoms with Gasteiger partial charge in [0.15, 0.2) is 11.6 Å². The molecule has 0 unspecified atom stereocenters. The molecule has 7 heteroatoms. The molecular formula is C19H30FN5O. The van der Waals surface area contributed by atoms with E-state index in [1.54, 1.807) is 6.07 Å². The van der Waals surface area contributed by atoms with Crippen LogP contribution in [0.4, 0.5) is 4.39 Å². The summed E-state index contributed by atoms with van der Waals surface area (Å²) in [6.07, 6.45) is 7.35. The van der Waals surface area contributed by atoms with Gasteiger partial charge in [-0.05, 0) is 55.4 Å². The molecule has 4 rings (SSSR count). The quantitative estimate of drug-likeness (QED) is 0.657. The van der Waals surface area contributed by atoms with Crippen LogP contribution in [0.2, 0.25) is 0 Å². The standard InChI is InChI=1S/C17H22FN3O.C2H6N2.H2/c1-11(12-4-6-16(18)17(8-12)22-2)21-15-5-3-13(7-15)14-9-19-20-10-14;1-2-4-3-1;/h4,6,8-11,13,15,21H,3,5,7H2,1-2H3,(H,19,20);3-4H,1-2H2;1H/t11-,13-,15+;;/m1../s1. The molecule has 2 aliphatic rings. The maximum Gasteiger partial charge on any atom is 0.165 e. The van der Waals surface area contributed by atoms with Crippen molar-refractivity contribution in [2.24, 2.45) is 0 Å². The molecule has 2 aromatic rings. The summed E-state index contributed by atoms with van der Waals surface area (Å²) in [6, 6.07) is 5.71. The lowest BCUT2D eigenvalue weighted by molar-refractivity contribution is 0.384. The topological polar surface area (TPSA) is 74.0 Å². The number of rotatable bonds is 5. The fraction of sp³-hybridized carbons (Fsp3) is 0.526. The predicted molar refractivity (Wildman–Crippen MR) is 102 cm³/mol. The highest BCUT2D eigenvalue weighted by atomic mass is 19.1. The molecule has 3 atom stereocenters. The van der Waals surface area contributed by atoms with Gasteiger partial charge in [0.2, 0.25) is 0 Å². The van der Waals surface area contributed by atoms with Crippen LogP contribution in [0.15, 0.2) is 30.6 Å². The molecule has 1 aromatic carbocycles. The van der Waals surface area contributed by atoms with Gasteiger partial charge in [-0.15, -0.1) is 0 Å². The summed E-state index contributed by atoms with van der Waals surface area (Å²) in [5.41, 5.74) is 8.06. The lowest BCUT2D eigenvalue weighted by Gasteiger charge is -2.20. The second kappa shape index (κ2) is 9.12. The number of methoxy groups -OCH3 is 1. The summed E-state index contributed by atoms with van der Waals surface area (Å²) in [4.78, 5) is 0. The monoisotopic (exact) mass is 363 g/mol. The Bertz CT molecular complexity index is 677. The normalized spacial score (nSPS) is 22.9. The molecule has 1 saturated carbocycles. The van der Waals surface area contributed by atoms with E-state index in [9.17, 15) is 4.39 Å². The van der Waals surface area contributed by atoms with Crippen LogP contribution in [0, 0.1) is 5.82 Å². The average Bonchev–Trinajstić information content (AvgIpc) is 3.24. The van der Waals surface area contributed by atoms with Crippen LogP contribution in [0.25, 0.3) is 0 Å². The van der Waals surface area contributed by atoms with Gasteiger partial charge >= 0.3 is 0 Å². The van der Waals surface area contributed by atoms with Gasteiger partial charge in [-0.2, -0.15) is 5.10 Å². The first-order chi connectivity index (χ1) is 12.7. The third-order valence-corrected chi connectivity index (χ3v) is 5.08. The van der Waals surface area contributed by atoms with Crippen LogP contribution in [-0.2, 0) is 0 Å². The summed E-state index contributed by atoms with van der Waals surface area (Å²) >= 11 is 0. The second-order valence-electron chi connectivity index (χ2n) is 6.87. The van der Waals surface area contributed by atoms with E-state index in [2.05, 4.69) is 33.3 Å². The zero-order valence-electron chi connectivity index (χ0n) is 15.4. The molecule has 0 amide bonds. The Hall–Kier alpha value is -1.96. The molecule has 144 valence electrons. The van der Waals surface area contributed by atoms with Crippen LogP contribution in [0.5, 0.6) is 5.75 Å². The van der Waals surface area contributed by atoms with Gasteiger partial charge in [0.05, 0.1) is 13.3 Å². The second-order valence-corrected chi connectivity index (χ2v) is 6.87. The molecule has 1 aromatic heterocycles. The molecule has 4 N–H and O–H groups in total. The number of hydrazine groups is 1. The van der Waals surface area contributed by atoms with Crippen molar-refractivity contribution in [2.75, 3.05) is 20.2 Å². The largest absolute Gasteiger partial charge is 0.494 e. The van der Waals surface area contributed by atoms with Gasteiger partial charge in [-0.25, -0.2) is 4.39 Å². The van der Waals surface area contributed by atoms with Gasteiger partial charge in [-0.3, -0.25) is 16.0 Å². The van der Waals surface area contributed by atoms with E-state index < -0.39 is 0 Å². The molecule has 1 aliphatic carbocycles. The molecule has 6 nitrogen and oxygen atoms in total. The predicted octanol–water partition coefficient (Wildman–Crippen LogP) is 2.88. The SMILES string of the molecule is C1CNN1.COc1cc([C@@H](C)N[C@H]2CC[C@@H](c3cn[nH]c3)C2)ccc1F.[HH]. The maximum absolute atomic E-state index is 13.5. The Morgan fingerprint density at radius 3 is 2.69 bits per heavy atom. The number of nitrogens with one attached hydrogen (secondary N) is 4. The highest BCUT2D eigenvalue weighted by molar-refractivity contribution is 5.32. The van der Waals surface area contributed by atoms with E-state index in [-0.39, 0.29) is 13.3 Å². The lowest BCUT2D eigenvalue weighted by atomic mass is 10.0. The summed E-state index contributed by atoms with van der Waals surface area (Å²) in [5, 5.41) is 10.6. The van der Waals surface area contributed by atoms with E-state index in [4.69, 9.17) is 4.74 Å². The van der Waals surface area contributed by atoms with Gasteiger partial charge in [-0.1, -0.05) is 6.07 Å². The van der Waals surface area contributed by atoms with Gasteiger partial charge in [0.1, 0.15) is 0 Å². The minimum atomic E-state index is -0.320. The molecular weight excluding hydrogens is 333 g/mol. The van der Waals surface area contributed by atoms with E-state index >= 15 is 0 Å². The van der Waals surface area contributed by atoms with Crippen molar-refractivity contribution in [3.05, 3.63) is 47.5 Å². The number of aromatic amines is 1. The number of benzene rings is 1. The number of H-pyrrole nitrogens is 1. The summed E-state index contributed by atoms with van der Waals surface area (Å²) in [5.74, 6) is 0.555. The van der Waals surface area contributed by atoms with Crippen molar-refractivity contribution in [1.82, 2.24) is 26.4 Å². The number of hydrogen-bond acceptors (Lipinski definition) is 5. The van der Waals surface area contributed by atoms with E-state index in [0.29, 0.717) is 17.7 Å². The Kier molecular flexibility index (Phi) is 6.60. The molecule has 0 bridgehead atoms. The Labute approximate surface area is 155 Å². The van der Waals surface area contributed by atoms with Gasteiger partial charge in [0, 0.05) is 32.8 Å².